The van der Waals surface area contributed by atoms with Gasteiger partial charge in [-0.3, -0.25) is 14.0 Å². The standard InChI is InChI=1S/C8H22N3P/c1-7-11(8-2)12(9(3)4)10(5)6/h7-8H2,1-6H3. The number of hydrogen-bond acceptors (Lipinski definition) is 3. The fraction of sp³-hybridized carbons (Fsp3) is 1.00. The monoisotopic (exact) mass is 191 g/mol. The van der Waals surface area contributed by atoms with Crippen molar-refractivity contribution in [3.8, 4) is 0 Å². The molecule has 0 spiro atoms. The fourth-order valence-electron chi connectivity index (χ4n) is 1.34. The zero-order chi connectivity index (χ0) is 9.72. The fourth-order valence-corrected chi connectivity index (χ4v) is 3.57. The maximum atomic E-state index is 2.48. The van der Waals surface area contributed by atoms with Gasteiger partial charge in [0.1, 0.15) is 8.37 Å². The molecule has 4 heteroatoms. The van der Waals surface area contributed by atoms with E-state index < -0.39 is 0 Å². The molecular formula is C8H22N3P. The SMILES string of the molecule is CCN(CC)P(N(C)C)N(C)C. The van der Waals surface area contributed by atoms with E-state index in [2.05, 4.69) is 56.0 Å². The van der Waals surface area contributed by atoms with Crippen molar-refractivity contribution in [1.82, 2.24) is 14.0 Å². The first-order valence-corrected chi connectivity index (χ1v) is 5.64. The summed E-state index contributed by atoms with van der Waals surface area (Å²) in [6.45, 7) is 6.68. The Balaban J connectivity index is 4.26. The average Bonchev–Trinajstić information content (AvgIpc) is 1.98. The summed E-state index contributed by atoms with van der Waals surface area (Å²) in [6.07, 6.45) is 0. The average molecular weight is 191 g/mol. The molecule has 0 aliphatic rings. The molecule has 12 heavy (non-hydrogen) atoms. The van der Waals surface area contributed by atoms with E-state index in [0.29, 0.717) is 0 Å². The molecule has 0 heterocycles. The zero-order valence-corrected chi connectivity index (χ0v) is 10.1. The Hall–Kier alpha value is 0.310. The molecule has 0 rings (SSSR count). The highest BCUT2D eigenvalue weighted by molar-refractivity contribution is 7.49. The maximum Gasteiger partial charge on any atom is 0.119 e. The lowest BCUT2D eigenvalue weighted by atomic mass is 10.7. The van der Waals surface area contributed by atoms with Crippen molar-refractivity contribution in [2.75, 3.05) is 41.3 Å². The van der Waals surface area contributed by atoms with Gasteiger partial charge in [-0.05, 0) is 28.2 Å². The van der Waals surface area contributed by atoms with E-state index >= 15 is 0 Å². The topological polar surface area (TPSA) is 9.72 Å². The van der Waals surface area contributed by atoms with Crippen molar-refractivity contribution in [1.29, 1.82) is 0 Å². The quantitative estimate of drug-likeness (QED) is 0.612. The third-order valence-electron chi connectivity index (χ3n) is 1.70. The molecule has 0 aromatic heterocycles. The minimum absolute atomic E-state index is 0.242. The second kappa shape index (κ2) is 5.87. The minimum Gasteiger partial charge on any atom is -0.264 e. The molecule has 3 nitrogen and oxygen atoms in total. The van der Waals surface area contributed by atoms with Gasteiger partial charge in [-0.2, -0.15) is 0 Å². The molecule has 0 saturated heterocycles. The molecule has 0 atom stereocenters. The molecule has 0 aliphatic heterocycles. The summed E-state index contributed by atoms with van der Waals surface area (Å²) in [6, 6.07) is 0. The molecule has 74 valence electrons. The first kappa shape index (κ1) is 12.3. The summed E-state index contributed by atoms with van der Waals surface area (Å²) < 4.78 is 7.07. The van der Waals surface area contributed by atoms with Gasteiger partial charge < -0.3 is 0 Å². The van der Waals surface area contributed by atoms with E-state index in [1.807, 2.05) is 0 Å². The highest BCUT2D eigenvalue weighted by Crippen LogP contribution is 2.43. The largest absolute Gasteiger partial charge is 0.264 e. The van der Waals surface area contributed by atoms with Gasteiger partial charge in [0, 0.05) is 13.1 Å². The molecule has 0 bridgehead atoms. The van der Waals surface area contributed by atoms with E-state index in [1.165, 1.54) is 0 Å². The summed E-state index contributed by atoms with van der Waals surface area (Å²) in [5.74, 6) is 0. The first-order valence-electron chi connectivity index (χ1n) is 4.44. The van der Waals surface area contributed by atoms with Crippen molar-refractivity contribution in [3.05, 3.63) is 0 Å². The van der Waals surface area contributed by atoms with Crippen molar-refractivity contribution in [2.45, 2.75) is 13.8 Å². The summed E-state index contributed by atoms with van der Waals surface area (Å²) in [7, 11) is 8.33. The van der Waals surface area contributed by atoms with E-state index in [0.717, 1.165) is 13.1 Å². The van der Waals surface area contributed by atoms with Crippen LogP contribution in [-0.4, -0.2) is 55.3 Å². The Morgan fingerprint density at radius 1 is 0.833 bits per heavy atom. The lowest BCUT2D eigenvalue weighted by Crippen LogP contribution is -2.31. The summed E-state index contributed by atoms with van der Waals surface area (Å²) >= 11 is 0. The molecule has 0 saturated carbocycles. The van der Waals surface area contributed by atoms with Crippen LogP contribution >= 0.6 is 8.37 Å². The Morgan fingerprint density at radius 2 is 1.17 bits per heavy atom. The molecule has 0 aliphatic carbocycles. The van der Waals surface area contributed by atoms with Gasteiger partial charge in [-0.25, -0.2) is 0 Å². The van der Waals surface area contributed by atoms with Gasteiger partial charge in [0.15, 0.2) is 0 Å². The summed E-state index contributed by atoms with van der Waals surface area (Å²) in [4.78, 5) is 0. The van der Waals surface area contributed by atoms with E-state index in [1.54, 1.807) is 0 Å². The molecule has 0 fully saturated rings. The third-order valence-corrected chi connectivity index (χ3v) is 4.20. The van der Waals surface area contributed by atoms with Crippen molar-refractivity contribution < 1.29 is 0 Å². The predicted octanol–water partition coefficient (Wildman–Crippen LogP) is 1.68. The van der Waals surface area contributed by atoms with Crippen LogP contribution in [-0.2, 0) is 0 Å². The molecule has 0 N–H and O–H groups in total. The molecule has 0 radical (unpaired) electrons. The van der Waals surface area contributed by atoms with Gasteiger partial charge in [0.25, 0.3) is 0 Å². The van der Waals surface area contributed by atoms with Crippen LogP contribution < -0.4 is 0 Å². The second-order valence-electron chi connectivity index (χ2n) is 3.10. The Labute approximate surface area is 78.2 Å². The predicted molar refractivity (Wildman–Crippen MR) is 57.2 cm³/mol. The zero-order valence-electron chi connectivity index (χ0n) is 9.20. The normalized spacial score (nSPS) is 12.5. The van der Waals surface area contributed by atoms with Gasteiger partial charge in [0.05, 0.1) is 0 Å². The van der Waals surface area contributed by atoms with Crippen LogP contribution in [0.15, 0.2) is 0 Å². The Bertz CT molecular complexity index is 105. The lowest BCUT2D eigenvalue weighted by molar-refractivity contribution is 0.421. The van der Waals surface area contributed by atoms with Crippen molar-refractivity contribution in [2.24, 2.45) is 0 Å². The Morgan fingerprint density at radius 3 is 1.25 bits per heavy atom. The number of hydrogen-bond donors (Lipinski definition) is 0. The van der Waals surface area contributed by atoms with Crippen LogP contribution in [0.25, 0.3) is 0 Å². The van der Waals surface area contributed by atoms with E-state index in [9.17, 15) is 0 Å². The van der Waals surface area contributed by atoms with E-state index in [-0.39, 0.29) is 8.37 Å². The van der Waals surface area contributed by atoms with Gasteiger partial charge >= 0.3 is 0 Å². The molecule has 0 unspecified atom stereocenters. The highest BCUT2D eigenvalue weighted by Gasteiger charge is 2.19. The number of rotatable bonds is 5. The second-order valence-corrected chi connectivity index (χ2v) is 5.80. The molecular weight excluding hydrogens is 169 g/mol. The van der Waals surface area contributed by atoms with Crippen LogP contribution in [0.5, 0.6) is 0 Å². The van der Waals surface area contributed by atoms with Gasteiger partial charge in [-0.15, -0.1) is 0 Å². The van der Waals surface area contributed by atoms with Gasteiger partial charge in [0.2, 0.25) is 0 Å². The maximum absolute atomic E-state index is 2.48. The smallest absolute Gasteiger partial charge is 0.119 e. The van der Waals surface area contributed by atoms with Crippen molar-refractivity contribution in [3.63, 3.8) is 0 Å². The first-order chi connectivity index (χ1) is 5.54. The van der Waals surface area contributed by atoms with Crippen LogP contribution in [0.4, 0.5) is 0 Å². The van der Waals surface area contributed by atoms with E-state index in [4.69, 9.17) is 0 Å². The molecule has 0 aromatic carbocycles. The minimum atomic E-state index is -0.242. The van der Waals surface area contributed by atoms with Crippen LogP contribution in [0, 0.1) is 0 Å². The highest BCUT2D eigenvalue weighted by atomic mass is 31.2. The molecule has 0 aromatic rings. The van der Waals surface area contributed by atoms with Crippen LogP contribution in [0.2, 0.25) is 0 Å². The summed E-state index contributed by atoms with van der Waals surface area (Å²) in [5, 5.41) is 0. The summed E-state index contributed by atoms with van der Waals surface area (Å²) in [5.41, 5.74) is 0. The van der Waals surface area contributed by atoms with Gasteiger partial charge in [-0.1, -0.05) is 13.8 Å². The van der Waals surface area contributed by atoms with Crippen molar-refractivity contribution >= 4 is 8.37 Å². The molecule has 0 amide bonds. The third kappa shape index (κ3) is 3.36. The lowest BCUT2D eigenvalue weighted by Gasteiger charge is -2.37. The Kier molecular flexibility index (Phi) is 6.02. The number of nitrogens with zero attached hydrogens (tertiary/aromatic N) is 3. The van der Waals surface area contributed by atoms with Crippen LogP contribution in [0.3, 0.4) is 0 Å². The van der Waals surface area contributed by atoms with Crippen LogP contribution in [0.1, 0.15) is 13.8 Å².